The third-order valence-corrected chi connectivity index (χ3v) is 5.86. The van der Waals surface area contributed by atoms with E-state index >= 15 is 0 Å². The number of piperazine rings is 1. The lowest BCUT2D eigenvalue weighted by atomic mass is 10.2. The molecule has 0 bridgehead atoms. The normalized spacial score (nSPS) is 18.8. The zero-order valence-electron chi connectivity index (χ0n) is 15.1. The van der Waals surface area contributed by atoms with Gasteiger partial charge in [-0.15, -0.1) is 11.3 Å². The molecule has 1 amide bonds. The maximum atomic E-state index is 11.9. The van der Waals surface area contributed by atoms with Gasteiger partial charge in [0.1, 0.15) is 0 Å². The summed E-state index contributed by atoms with van der Waals surface area (Å²) in [5, 5.41) is 6.44. The average molecular weight is 371 g/mol. The summed E-state index contributed by atoms with van der Waals surface area (Å²) in [6.45, 7) is 5.37. The van der Waals surface area contributed by atoms with E-state index in [1.54, 1.807) is 11.3 Å². The number of nitrogens with zero attached hydrogens (tertiary/aromatic N) is 3. The van der Waals surface area contributed by atoms with E-state index in [4.69, 9.17) is 4.98 Å². The van der Waals surface area contributed by atoms with E-state index < -0.39 is 0 Å². The minimum atomic E-state index is 0.186. The number of carbonyl (C=O) groups is 1. The van der Waals surface area contributed by atoms with Gasteiger partial charge in [0.2, 0.25) is 5.91 Å². The van der Waals surface area contributed by atoms with Crippen LogP contribution in [0.4, 0.5) is 0 Å². The molecule has 1 aromatic heterocycles. The molecule has 2 aliphatic rings. The number of carbonyl (C=O) groups excluding carboxylic acids is 1. The third kappa shape index (κ3) is 5.13. The van der Waals surface area contributed by atoms with Gasteiger partial charge in [-0.1, -0.05) is 30.3 Å². The maximum Gasteiger partial charge on any atom is 0.234 e. The smallest absolute Gasteiger partial charge is 0.234 e. The van der Waals surface area contributed by atoms with E-state index in [1.807, 2.05) is 6.07 Å². The van der Waals surface area contributed by atoms with Crippen LogP contribution in [0.5, 0.6) is 0 Å². The van der Waals surface area contributed by atoms with Gasteiger partial charge in [0.15, 0.2) is 0 Å². The second-order valence-corrected chi connectivity index (χ2v) is 8.23. The van der Waals surface area contributed by atoms with Crippen molar-refractivity contribution >= 4 is 17.2 Å². The number of amides is 1. The van der Waals surface area contributed by atoms with Crippen LogP contribution in [0.25, 0.3) is 0 Å². The quantitative estimate of drug-likeness (QED) is 0.811. The van der Waals surface area contributed by atoms with Gasteiger partial charge < -0.3 is 5.32 Å². The molecule has 1 aromatic carbocycles. The Labute approximate surface area is 159 Å². The molecule has 0 spiro atoms. The fourth-order valence-electron chi connectivity index (χ4n) is 3.31. The van der Waals surface area contributed by atoms with Crippen molar-refractivity contribution in [2.24, 2.45) is 0 Å². The molecule has 26 heavy (non-hydrogen) atoms. The number of aromatic nitrogens is 1. The zero-order chi connectivity index (χ0) is 17.8. The van der Waals surface area contributed by atoms with Gasteiger partial charge in [-0.25, -0.2) is 4.98 Å². The van der Waals surface area contributed by atoms with Crippen molar-refractivity contribution in [1.82, 2.24) is 20.1 Å². The van der Waals surface area contributed by atoms with Gasteiger partial charge in [0.05, 0.1) is 17.2 Å². The molecule has 6 heteroatoms. The highest BCUT2D eigenvalue weighted by molar-refractivity contribution is 7.09. The van der Waals surface area contributed by atoms with Crippen LogP contribution in [0.1, 0.15) is 29.1 Å². The Kier molecular flexibility index (Phi) is 5.62. The van der Waals surface area contributed by atoms with E-state index in [-0.39, 0.29) is 5.91 Å². The number of hydrogen-bond donors (Lipinski definition) is 1. The monoisotopic (exact) mass is 370 g/mol. The first kappa shape index (κ1) is 17.6. The Balaban J connectivity index is 1.21. The van der Waals surface area contributed by atoms with Crippen molar-refractivity contribution in [2.45, 2.75) is 31.8 Å². The molecule has 0 unspecified atom stereocenters. The molecule has 1 N–H and O–H groups in total. The van der Waals surface area contributed by atoms with Gasteiger partial charge >= 0.3 is 0 Å². The van der Waals surface area contributed by atoms with E-state index in [1.165, 1.54) is 16.3 Å². The highest BCUT2D eigenvalue weighted by atomic mass is 32.1. The maximum absolute atomic E-state index is 11.9. The van der Waals surface area contributed by atoms with Crippen molar-refractivity contribution in [3.8, 4) is 0 Å². The minimum Gasteiger partial charge on any atom is -0.352 e. The molecule has 1 saturated carbocycles. The largest absolute Gasteiger partial charge is 0.352 e. The summed E-state index contributed by atoms with van der Waals surface area (Å²) in [6, 6.07) is 11.0. The zero-order valence-corrected chi connectivity index (χ0v) is 15.9. The highest BCUT2D eigenvalue weighted by Gasteiger charge is 2.25. The fourth-order valence-corrected chi connectivity index (χ4v) is 4.13. The highest BCUT2D eigenvalue weighted by Crippen LogP contribution is 2.19. The van der Waals surface area contributed by atoms with E-state index in [9.17, 15) is 4.79 Å². The molecule has 2 heterocycles. The lowest BCUT2D eigenvalue weighted by Crippen LogP contribution is -2.49. The van der Waals surface area contributed by atoms with Crippen molar-refractivity contribution in [1.29, 1.82) is 0 Å². The molecular weight excluding hydrogens is 344 g/mol. The standard InChI is InChI=1S/C20H26N4OS/c25-19(21-17-6-7-17)14-24-10-8-23(9-11-24)13-18-15-26-20(22-18)12-16-4-2-1-3-5-16/h1-5,15,17H,6-14H2,(H,21,25). The van der Waals surface area contributed by atoms with Crippen LogP contribution in [0.15, 0.2) is 35.7 Å². The van der Waals surface area contributed by atoms with Crippen LogP contribution in [0, 0.1) is 0 Å². The summed E-state index contributed by atoms with van der Waals surface area (Å²) in [6.07, 6.45) is 3.22. The third-order valence-electron chi connectivity index (χ3n) is 4.96. The summed E-state index contributed by atoms with van der Waals surface area (Å²) in [4.78, 5) is 21.4. The lowest BCUT2D eigenvalue weighted by Gasteiger charge is -2.33. The molecule has 1 aliphatic carbocycles. The van der Waals surface area contributed by atoms with Gasteiger partial charge in [-0.05, 0) is 18.4 Å². The Hall–Kier alpha value is -1.76. The van der Waals surface area contributed by atoms with Crippen LogP contribution >= 0.6 is 11.3 Å². The molecule has 0 radical (unpaired) electrons. The first-order valence-corrected chi connectivity index (χ1v) is 10.3. The Bertz CT molecular complexity index is 720. The molecule has 2 aromatic rings. The van der Waals surface area contributed by atoms with Crippen molar-refractivity contribution in [2.75, 3.05) is 32.7 Å². The number of nitrogens with one attached hydrogen (secondary N) is 1. The summed E-state index contributed by atoms with van der Waals surface area (Å²) in [5.74, 6) is 0.186. The van der Waals surface area contributed by atoms with E-state index in [2.05, 4.69) is 44.8 Å². The number of hydrogen-bond acceptors (Lipinski definition) is 5. The number of thiazole rings is 1. The predicted octanol–water partition coefficient (Wildman–Crippen LogP) is 2.13. The molecule has 0 atom stereocenters. The van der Waals surface area contributed by atoms with E-state index in [0.717, 1.165) is 52.0 Å². The van der Waals surface area contributed by atoms with Crippen LogP contribution in [0.3, 0.4) is 0 Å². The van der Waals surface area contributed by atoms with Crippen LogP contribution < -0.4 is 5.32 Å². The first-order chi connectivity index (χ1) is 12.7. The Morgan fingerprint density at radius 2 is 1.85 bits per heavy atom. The molecule has 5 nitrogen and oxygen atoms in total. The van der Waals surface area contributed by atoms with Crippen molar-refractivity contribution < 1.29 is 4.79 Å². The Morgan fingerprint density at radius 3 is 2.58 bits per heavy atom. The molecule has 138 valence electrons. The second-order valence-electron chi connectivity index (χ2n) is 7.29. The van der Waals surface area contributed by atoms with Gasteiger partial charge in [-0.3, -0.25) is 14.6 Å². The fraction of sp³-hybridized carbons (Fsp3) is 0.500. The number of benzene rings is 1. The van der Waals surface area contributed by atoms with Crippen molar-refractivity contribution in [3.63, 3.8) is 0 Å². The number of rotatable bonds is 7. The average Bonchev–Trinajstić information content (AvgIpc) is 3.35. The molecular formula is C20H26N4OS. The van der Waals surface area contributed by atoms with Crippen LogP contribution in [0.2, 0.25) is 0 Å². The topological polar surface area (TPSA) is 48.5 Å². The summed E-state index contributed by atoms with van der Waals surface area (Å²) in [5.41, 5.74) is 2.48. The molecule has 2 fully saturated rings. The predicted molar refractivity (Wildman–Crippen MR) is 104 cm³/mol. The van der Waals surface area contributed by atoms with Gasteiger partial charge in [-0.2, -0.15) is 0 Å². The van der Waals surface area contributed by atoms with Crippen LogP contribution in [-0.2, 0) is 17.8 Å². The minimum absolute atomic E-state index is 0.186. The summed E-state index contributed by atoms with van der Waals surface area (Å²) in [7, 11) is 0. The summed E-state index contributed by atoms with van der Waals surface area (Å²) < 4.78 is 0. The molecule has 1 saturated heterocycles. The lowest BCUT2D eigenvalue weighted by molar-refractivity contribution is -0.122. The second kappa shape index (κ2) is 8.29. The summed E-state index contributed by atoms with van der Waals surface area (Å²) >= 11 is 1.75. The molecule has 4 rings (SSSR count). The van der Waals surface area contributed by atoms with Crippen molar-refractivity contribution in [3.05, 3.63) is 52.0 Å². The Morgan fingerprint density at radius 1 is 1.12 bits per heavy atom. The van der Waals surface area contributed by atoms with Crippen LogP contribution in [-0.4, -0.2) is 59.5 Å². The van der Waals surface area contributed by atoms with Gasteiger partial charge in [0.25, 0.3) is 0 Å². The van der Waals surface area contributed by atoms with E-state index in [0.29, 0.717) is 12.6 Å². The SMILES string of the molecule is O=C(CN1CCN(Cc2csc(Cc3ccccc3)n2)CC1)NC1CC1. The van der Waals surface area contributed by atoms with Gasteiger partial charge in [0, 0.05) is 50.6 Å². The molecule has 1 aliphatic heterocycles. The first-order valence-electron chi connectivity index (χ1n) is 9.46.